The molecule has 1 aliphatic heterocycles. The van der Waals surface area contributed by atoms with Gasteiger partial charge in [0.2, 0.25) is 5.91 Å². The second-order valence-corrected chi connectivity index (χ2v) is 3.93. The van der Waals surface area contributed by atoms with Gasteiger partial charge < -0.3 is 4.90 Å². The fraction of sp³-hybridized carbons (Fsp3) is 0.889. The molecule has 2 nitrogen and oxygen atoms in total. The van der Waals surface area contributed by atoms with Crippen LogP contribution in [0.3, 0.4) is 0 Å². The monoisotopic (exact) mass is 155 g/mol. The van der Waals surface area contributed by atoms with E-state index < -0.39 is 0 Å². The smallest absolute Gasteiger partial charge is 0.227 e. The zero-order chi connectivity index (χ0) is 8.59. The average Bonchev–Trinajstić information content (AvgIpc) is 1.82. The molecular formula is C9H17NO. The summed E-state index contributed by atoms with van der Waals surface area (Å²) in [7, 11) is 0. The lowest BCUT2D eigenvalue weighted by Crippen LogP contribution is -2.57. The molecule has 1 aliphatic rings. The van der Waals surface area contributed by atoms with Crippen molar-refractivity contribution in [3.05, 3.63) is 0 Å². The molecule has 0 radical (unpaired) electrons. The van der Waals surface area contributed by atoms with Crippen molar-refractivity contribution in [1.29, 1.82) is 0 Å². The fourth-order valence-corrected chi connectivity index (χ4v) is 1.44. The first-order valence-corrected chi connectivity index (χ1v) is 4.34. The number of carbonyl (C=O) groups is 1. The van der Waals surface area contributed by atoms with Gasteiger partial charge in [-0.05, 0) is 19.8 Å². The number of rotatable bonds is 2. The molecule has 1 rings (SSSR count). The second-order valence-electron chi connectivity index (χ2n) is 3.93. The number of amides is 1. The molecule has 0 aromatic heterocycles. The van der Waals surface area contributed by atoms with Gasteiger partial charge in [0.15, 0.2) is 0 Å². The van der Waals surface area contributed by atoms with Crippen molar-refractivity contribution in [2.45, 2.75) is 33.7 Å². The van der Waals surface area contributed by atoms with Crippen molar-refractivity contribution in [2.75, 3.05) is 6.54 Å². The third-order valence-electron chi connectivity index (χ3n) is 2.42. The maximum atomic E-state index is 11.4. The van der Waals surface area contributed by atoms with Gasteiger partial charge in [-0.1, -0.05) is 13.8 Å². The second kappa shape index (κ2) is 2.84. The molecule has 1 fully saturated rings. The van der Waals surface area contributed by atoms with Gasteiger partial charge >= 0.3 is 0 Å². The third-order valence-corrected chi connectivity index (χ3v) is 2.42. The molecule has 0 aliphatic carbocycles. The summed E-state index contributed by atoms with van der Waals surface area (Å²) in [5, 5.41) is 0. The van der Waals surface area contributed by atoms with Gasteiger partial charge in [-0.2, -0.15) is 0 Å². The van der Waals surface area contributed by atoms with Crippen molar-refractivity contribution in [1.82, 2.24) is 4.90 Å². The summed E-state index contributed by atoms with van der Waals surface area (Å²) in [4.78, 5) is 13.3. The Morgan fingerprint density at radius 2 is 1.91 bits per heavy atom. The molecule has 0 spiro atoms. The van der Waals surface area contributed by atoms with Gasteiger partial charge in [0.25, 0.3) is 0 Å². The van der Waals surface area contributed by atoms with Crippen LogP contribution in [0.2, 0.25) is 0 Å². The van der Waals surface area contributed by atoms with E-state index in [-0.39, 0.29) is 0 Å². The SMILES string of the molecule is CC(C)C1CN(C(C)C)C1=O. The minimum absolute atomic E-state index is 0.303. The molecular weight excluding hydrogens is 138 g/mol. The highest BCUT2D eigenvalue weighted by Gasteiger charge is 2.39. The van der Waals surface area contributed by atoms with E-state index in [0.717, 1.165) is 6.54 Å². The Bertz CT molecular complexity index is 147. The summed E-state index contributed by atoms with van der Waals surface area (Å²) in [6, 6.07) is 0.387. The number of carbonyl (C=O) groups excluding carboxylic acids is 1. The van der Waals surface area contributed by atoms with Crippen LogP contribution in [0.1, 0.15) is 27.7 Å². The van der Waals surface area contributed by atoms with Crippen LogP contribution >= 0.6 is 0 Å². The van der Waals surface area contributed by atoms with Gasteiger partial charge in [0.1, 0.15) is 0 Å². The molecule has 0 N–H and O–H groups in total. The minimum atomic E-state index is 0.303. The highest BCUT2D eigenvalue weighted by atomic mass is 16.2. The summed E-state index contributed by atoms with van der Waals surface area (Å²) in [6.45, 7) is 9.32. The Morgan fingerprint density at radius 3 is 2.18 bits per heavy atom. The molecule has 0 saturated carbocycles. The molecule has 0 aromatic rings. The zero-order valence-corrected chi connectivity index (χ0v) is 7.79. The summed E-state index contributed by atoms with van der Waals surface area (Å²) in [5.41, 5.74) is 0. The molecule has 64 valence electrons. The number of β-lactam (4-membered cyclic amide) rings is 1. The zero-order valence-electron chi connectivity index (χ0n) is 7.79. The van der Waals surface area contributed by atoms with E-state index in [2.05, 4.69) is 27.7 Å². The van der Waals surface area contributed by atoms with Gasteiger partial charge in [0.05, 0.1) is 5.92 Å². The molecule has 1 heterocycles. The highest BCUT2D eigenvalue weighted by Crippen LogP contribution is 2.26. The van der Waals surface area contributed by atoms with Crippen LogP contribution < -0.4 is 0 Å². The maximum absolute atomic E-state index is 11.4. The van der Waals surface area contributed by atoms with Crippen LogP contribution in [0, 0.1) is 11.8 Å². The molecule has 1 amide bonds. The predicted molar refractivity (Wildman–Crippen MR) is 45.2 cm³/mol. The Labute approximate surface area is 68.6 Å². The van der Waals surface area contributed by atoms with E-state index in [1.807, 2.05) is 4.90 Å². The Morgan fingerprint density at radius 1 is 1.36 bits per heavy atom. The number of nitrogens with zero attached hydrogens (tertiary/aromatic N) is 1. The highest BCUT2D eigenvalue weighted by molar-refractivity contribution is 5.85. The van der Waals surface area contributed by atoms with Crippen molar-refractivity contribution < 1.29 is 4.79 Å². The molecule has 2 heteroatoms. The topological polar surface area (TPSA) is 20.3 Å². The number of hydrogen-bond acceptors (Lipinski definition) is 1. The normalized spacial score (nSPS) is 24.7. The quantitative estimate of drug-likeness (QED) is 0.553. The van der Waals surface area contributed by atoms with E-state index in [1.165, 1.54) is 0 Å². The molecule has 11 heavy (non-hydrogen) atoms. The molecule has 1 saturated heterocycles. The third kappa shape index (κ3) is 1.39. The van der Waals surface area contributed by atoms with Crippen molar-refractivity contribution in [3.8, 4) is 0 Å². The van der Waals surface area contributed by atoms with Gasteiger partial charge in [-0.15, -0.1) is 0 Å². The fourth-order valence-electron chi connectivity index (χ4n) is 1.44. The standard InChI is InChI=1S/C9H17NO/c1-6(2)8-5-10(7(3)4)9(8)11/h6-8H,5H2,1-4H3. The van der Waals surface area contributed by atoms with E-state index in [9.17, 15) is 4.79 Å². The lowest BCUT2D eigenvalue weighted by molar-refractivity contribution is -0.153. The van der Waals surface area contributed by atoms with Crippen LogP contribution in [0.25, 0.3) is 0 Å². The average molecular weight is 155 g/mol. The lowest BCUT2D eigenvalue weighted by Gasteiger charge is -2.43. The first kappa shape index (κ1) is 8.57. The van der Waals surface area contributed by atoms with E-state index in [4.69, 9.17) is 0 Å². The van der Waals surface area contributed by atoms with Crippen LogP contribution in [-0.4, -0.2) is 23.4 Å². The first-order valence-electron chi connectivity index (χ1n) is 4.34. The number of hydrogen-bond donors (Lipinski definition) is 0. The van der Waals surface area contributed by atoms with E-state index >= 15 is 0 Å². The summed E-state index contributed by atoms with van der Waals surface area (Å²) >= 11 is 0. The van der Waals surface area contributed by atoms with E-state index in [1.54, 1.807) is 0 Å². The van der Waals surface area contributed by atoms with Gasteiger partial charge in [0, 0.05) is 12.6 Å². The predicted octanol–water partition coefficient (Wildman–Crippen LogP) is 1.51. The Kier molecular flexibility index (Phi) is 2.21. The molecule has 1 unspecified atom stereocenters. The van der Waals surface area contributed by atoms with Crippen molar-refractivity contribution >= 4 is 5.91 Å². The van der Waals surface area contributed by atoms with Crippen LogP contribution in [0.5, 0.6) is 0 Å². The first-order chi connectivity index (χ1) is 5.04. The van der Waals surface area contributed by atoms with Gasteiger partial charge in [-0.25, -0.2) is 0 Å². The molecule has 1 atom stereocenters. The van der Waals surface area contributed by atoms with Crippen LogP contribution in [-0.2, 0) is 4.79 Å². The Balaban J connectivity index is 2.45. The summed E-state index contributed by atoms with van der Waals surface area (Å²) in [6.07, 6.45) is 0. The number of likely N-dealkylation sites (tertiary alicyclic amines) is 1. The van der Waals surface area contributed by atoms with Gasteiger partial charge in [-0.3, -0.25) is 4.79 Å². The van der Waals surface area contributed by atoms with E-state index in [0.29, 0.717) is 23.8 Å². The van der Waals surface area contributed by atoms with Crippen molar-refractivity contribution in [2.24, 2.45) is 11.8 Å². The maximum Gasteiger partial charge on any atom is 0.227 e. The lowest BCUT2D eigenvalue weighted by atomic mass is 9.86. The van der Waals surface area contributed by atoms with Crippen LogP contribution in [0.4, 0.5) is 0 Å². The van der Waals surface area contributed by atoms with Crippen molar-refractivity contribution in [3.63, 3.8) is 0 Å². The largest absolute Gasteiger partial charge is 0.339 e. The van der Waals surface area contributed by atoms with Crippen LogP contribution in [0.15, 0.2) is 0 Å². The minimum Gasteiger partial charge on any atom is -0.339 e. The summed E-state index contributed by atoms with van der Waals surface area (Å²) < 4.78 is 0. The molecule has 0 bridgehead atoms. The summed E-state index contributed by atoms with van der Waals surface area (Å²) in [5.74, 6) is 1.16. The molecule has 0 aromatic carbocycles. The Hall–Kier alpha value is -0.530.